The van der Waals surface area contributed by atoms with E-state index in [1.165, 1.54) is 11.3 Å². The summed E-state index contributed by atoms with van der Waals surface area (Å²) < 4.78 is 19.2. The van der Waals surface area contributed by atoms with Crippen LogP contribution in [0.15, 0.2) is 22.8 Å². The molecule has 0 amide bonds. The van der Waals surface area contributed by atoms with Gasteiger partial charge in [-0.15, -0.1) is 11.3 Å². The maximum absolute atomic E-state index is 12.2. The lowest BCUT2D eigenvalue weighted by Crippen LogP contribution is -2.38. The van der Waals surface area contributed by atoms with Crippen LogP contribution < -0.4 is 0 Å². The highest BCUT2D eigenvalue weighted by atomic mass is 32.2. The molecule has 3 heterocycles. The first-order valence-electron chi connectivity index (χ1n) is 5.72. The fourth-order valence-electron chi connectivity index (χ4n) is 1.81. The second-order valence-electron chi connectivity index (χ2n) is 4.03. The Morgan fingerprint density at radius 1 is 1.44 bits per heavy atom. The third kappa shape index (κ3) is 2.59. The molecule has 1 fully saturated rings. The van der Waals surface area contributed by atoms with Crippen LogP contribution in [0, 0.1) is 0 Å². The lowest BCUT2D eigenvalue weighted by Gasteiger charge is -2.25. The van der Waals surface area contributed by atoms with E-state index in [2.05, 4.69) is 14.9 Å². The van der Waals surface area contributed by atoms with Gasteiger partial charge in [0.2, 0.25) is 0 Å². The third-order valence-electron chi connectivity index (χ3n) is 2.77. The number of thiazole rings is 1. The number of pyridine rings is 1. The van der Waals surface area contributed by atoms with Gasteiger partial charge in [-0.1, -0.05) is 0 Å². The van der Waals surface area contributed by atoms with Gasteiger partial charge >= 0.3 is 0 Å². The average molecular weight is 283 g/mol. The lowest BCUT2D eigenvalue weighted by atomic mass is 10.5. The zero-order valence-electron chi connectivity index (χ0n) is 9.74. The summed E-state index contributed by atoms with van der Waals surface area (Å²) in [5, 5.41) is 0. The Bertz CT molecular complexity index is 533. The van der Waals surface area contributed by atoms with Gasteiger partial charge in [0.15, 0.2) is 4.34 Å². The highest BCUT2D eigenvalue weighted by Crippen LogP contribution is 2.23. The molecule has 0 aromatic carbocycles. The zero-order chi connectivity index (χ0) is 12.4. The van der Waals surface area contributed by atoms with Crippen LogP contribution in [0.1, 0.15) is 0 Å². The van der Waals surface area contributed by atoms with E-state index in [4.69, 9.17) is 4.74 Å². The fraction of sp³-hybridized carbons (Fsp3) is 0.455. The molecule has 0 spiro atoms. The molecule has 1 aliphatic heterocycles. The molecule has 0 aliphatic carbocycles. The standard InChI is InChI=1S/C11H13N3O2S2/c15-18(8-14-3-5-16-6-4-14)11-13-9-7-12-2-1-10(9)17-11/h1-2,7H,3-6,8H2. The molecule has 2 aromatic rings. The molecule has 0 bridgehead atoms. The monoisotopic (exact) mass is 283 g/mol. The van der Waals surface area contributed by atoms with Gasteiger partial charge in [-0.3, -0.25) is 14.1 Å². The Hall–Kier alpha value is -0.890. The summed E-state index contributed by atoms with van der Waals surface area (Å²) in [6.45, 7) is 3.14. The van der Waals surface area contributed by atoms with Crippen molar-refractivity contribution >= 4 is 32.4 Å². The zero-order valence-corrected chi connectivity index (χ0v) is 11.4. The SMILES string of the molecule is O=S(CN1CCOCC1)c1nc2cnccc2s1. The molecule has 7 heteroatoms. The molecule has 0 N–H and O–H groups in total. The number of hydrogen-bond acceptors (Lipinski definition) is 6. The van der Waals surface area contributed by atoms with E-state index in [1.807, 2.05) is 6.07 Å². The van der Waals surface area contributed by atoms with Gasteiger partial charge in [0, 0.05) is 19.3 Å². The predicted molar refractivity (Wildman–Crippen MR) is 71.1 cm³/mol. The van der Waals surface area contributed by atoms with E-state index in [9.17, 15) is 4.21 Å². The number of morpholine rings is 1. The molecule has 2 aromatic heterocycles. The predicted octanol–water partition coefficient (Wildman–Crippen LogP) is 1.09. The molecule has 1 aliphatic rings. The van der Waals surface area contributed by atoms with Crippen molar-refractivity contribution in [3.8, 4) is 0 Å². The summed E-state index contributed by atoms with van der Waals surface area (Å²) in [6.07, 6.45) is 3.44. The van der Waals surface area contributed by atoms with Crippen LogP contribution in [0.2, 0.25) is 0 Å². The van der Waals surface area contributed by atoms with Crippen LogP contribution >= 0.6 is 11.3 Å². The molecule has 1 atom stereocenters. The molecule has 3 rings (SSSR count). The largest absolute Gasteiger partial charge is 0.379 e. The van der Waals surface area contributed by atoms with Crippen molar-refractivity contribution < 1.29 is 8.95 Å². The van der Waals surface area contributed by atoms with Gasteiger partial charge in [0.05, 0.1) is 40.8 Å². The summed E-state index contributed by atoms with van der Waals surface area (Å²) in [4.78, 5) is 10.6. The minimum absolute atomic E-state index is 0.538. The second kappa shape index (κ2) is 5.40. The fourth-order valence-corrected chi connectivity index (χ4v) is 4.17. The van der Waals surface area contributed by atoms with E-state index < -0.39 is 10.8 Å². The number of nitrogens with zero attached hydrogens (tertiary/aromatic N) is 3. The third-order valence-corrected chi connectivity index (χ3v) is 5.49. The summed E-state index contributed by atoms with van der Waals surface area (Å²) in [5.41, 5.74) is 0.827. The van der Waals surface area contributed by atoms with E-state index in [0.717, 1.165) is 36.5 Å². The van der Waals surface area contributed by atoms with E-state index in [1.54, 1.807) is 12.4 Å². The van der Waals surface area contributed by atoms with Crippen molar-refractivity contribution in [2.24, 2.45) is 0 Å². The molecule has 96 valence electrons. The van der Waals surface area contributed by atoms with Gasteiger partial charge in [-0.2, -0.15) is 0 Å². The van der Waals surface area contributed by atoms with Crippen LogP contribution in [0.25, 0.3) is 10.2 Å². The molecular formula is C11H13N3O2S2. The Labute approximate surface area is 111 Å². The maximum atomic E-state index is 12.2. The van der Waals surface area contributed by atoms with Crippen molar-refractivity contribution in [1.29, 1.82) is 0 Å². The summed E-state index contributed by atoms with van der Waals surface area (Å²) in [6, 6.07) is 1.91. The lowest BCUT2D eigenvalue weighted by molar-refractivity contribution is 0.0469. The van der Waals surface area contributed by atoms with Crippen LogP contribution in [0.4, 0.5) is 0 Å². The van der Waals surface area contributed by atoms with Gasteiger partial charge in [0.25, 0.3) is 0 Å². The minimum Gasteiger partial charge on any atom is -0.379 e. The highest BCUT2D eigenvalue weighted by Gasteiger charge is 2.17. The Balaban J connectivity index is 1.74. The molecule has 5 nitrogen and oxygen atoms in total. The topological polar surface area (TPSA) is 55.3 Å². The van der Waals surface area contributed by atoms with Crippen molar-refractivity contribution in [2.45, 2.75) is 4.34 Å². The number of hydrogen-bond donors (Lipinski definition) is 0. The average Bonchev–Trinajstić information content (AvgIpc) is 2.84. The highest BCUT2D eigenvalue weighted by molar-refractivity contribution is 7.87. The Kier molecular flexibility index (Phi) is 3.64. The first-order chi connectivity index (χ1) is 8.83. The number of aromatic nitrogens is 2. The van der Waals surface area contributed by atoms with Crippen LogP contribution in [0.5, 0.6) is 0 Å². The quantitative estimate of drug-likeness (QED) is 0.844. The number of rotatable bonds is 3. The molecule has 1 saturated heterocycles. The smallest absolute Gasteiger partial charge is 0.183 e. The molecule has 18 heavy (non-hydrogen) atoms. The first-order valence-corrected chi connectivity index (χ1v) is 7.85. The molecule has 1 unspecified atom stereocenters. The molecular weight excluding hydrogens is 270 g/mol. The van der Waals surface area contributed by atoms with E-state index >= 15 is 0 Å². The summed E-state index contributed by atoms with van der Waals surface area (Å²) in [7, 11) is -1.06. The molecule has 0 saturated carbocycles. The van der Waals surface area contributed by atoms with Gasteiger partial charge in [-0.05, 0) is 6.07 Å². The first kappa shape index (κ1) is 12.2. The van der Waals surface area contributed by atoms with E-state index in [0.29, 0.717) is 10.2 Å². The maximum Gasteiger partial charge on any atom is 0.183 e. The van der Waals surface area contributed by atoms with Crippen molar-refractivity contribution in [2.75, 3.05) is 32.2 Å². The van der Waals surface area contributed by atoms with Crippen LogP contribution in [0.3, 0.4) is 0 Å². The van der Waals surface area contributed by atoms with Crippen LogP contribution in [-0.4, -0.2) is 51.3 Å². The summed E-state index contributed by atoms with van der Waals surface area (Å²) >= 11 is 1.48. The summed E-state index contributed by atoms with van der Waals surface area (Å²) in [5.74, 6) is 0.538. The molecule has 0 radical (unpaired) electrons. The van der Waals surface area contributed by atoms with Gasteiger partial charge in [0.1, 0.15) is 5.52 Å². The van der Waals surface area contributed by atoms with Crippen molar-refractivity contribution in [3.63, 3.8) is 0 Å². The van der Waals surface area contributed by atoms with E-state index in [-0.39, 0.29) is 0 Å². The minimum atomic E-state index is -1.06. The normalized spacial score (nSPS) is 19.1. The number of ether oxygens (including phenoxy) is 1. The number of fused-ring (bicyclic) bond motifs is 1. The Morgan fingerprint density at radius 3 is 3.06 bits per heavy atom. The second-order valence-corrected chi connectivity index (χ2v) is 6.65. The van der Waals surface area contributed by atoms with Crippen molar-refractivity contribution in [1.82, 2.24) is 14.9 Å². The van der Waals surface area contributed by atoms with Crippen molar-refractivity contribution in [3.05, 3.63) is 18.5 Å². The van der Waals surface area contributed by atoms with Gasteiger partial charge in [-0.25, -0.2) is 4.98 Å². The van der Waals surface area contributed by atoms with Crippen LogP contribution in [-0.2, 0) is 15.5 Å². The van der Waals surface area contributed by atoms with Gasteiger partial charge < -0.3 is 4.74 Å². The Morgan fingerprint density at radius 2 is 2.28 bits per heavy atom.